The fourth-order valence-electron chi connectivity index (χ4n) is 2.35. The number of hydrogen-bond acceptors (Lipinski definition) is 3. The van der Waals surface area contributed by atoms with Crippen molar-refractivity contribution < 1.29 is 9.90 Å². The van der Waals surface area contributed by atoms with Crippen LogP contribution in [0.3, 0.4) is 0 Å². The first-order valence-corrected chi connectivity index (χ1v) is 6.39. The molecule has 1 aliphatic heterocycles. The summed E-state index contributed by atoms with van der Waals surface area (Å²) in [4.78, 5) is 14.1. The predicted octanol–water partition coefficient (Wildman–Crippen LogP) is 0.930. The Hall–Kier alpha value is -1.39. The lowest BCUT2D eigenvalue weighted by atomic mass is 10.0. The molecule has 98 valence electrons. The average Bonchev–Trinajstić information content (AvgIpc) is 2.39. The summed E-state index contributed by atoms with van der Waals surface area (Å²) in [6.07, 6.45) is 0.999. The van der Waals surface area contributed by atoms with Crippen molar-refractivity contribution in [2.45, 2.75) is 25.0 Å². The number of carbonyl (C=O) groups is 1. The number of aliphatic hydroxyl groups excluding tert-OH is 1. The molecule has 2 N–H and O–H groups in total. The highest BCUT2D eigenvalue weighted by Gasteiger charge is 2.23. The van der Waals surface area contributed by atoms with Crippen LogP contribution in [0.4, 0.5) is 0 Å². The lowest BCUT2D eigenvalue weighted by Crippen LogP contribution is -2.47. The van der Waals surface area contributed by atoms with Gasteiger partial charge in [0.2, 0.25) is 0 Å². The van der Waals surface area contributed by atoms with Gasteiger partial charge in [-0.2, -0.15) is 0 Å². The second kappa shape index (κ2) is 5.98. The number of carbonyl (C=O) groups excluding carboxylic acids is 1. The number of benzene rings is 1. The highest BCUT2D eigenvalue weighted by atomic mass is 16.3. The van der Waals surface area contributed by atoms with E-state index >= 15 is 0 Å². The Morgan fingerprint density at radius 1 is 1.44 bits per heavy atom. The molecule has 1 amide bonds. The van der Waals surface area contributed by atoms with Crippen molar-refractivity contribution in [3.8, 4) is 0 Å². The number of nitrogens with one attached hydrogen (secondary N) is 1. The summed E-state index contributed by atoms with van der Waals surface area (Å²) in [6.45, 7) is 1.93. The molecule has 1 fully saturated rings. The van der Waals surface area contributed by atoms with Crippen LogP contribution >= 0.6 is 0 Å². The van der Waals surface area contributed by atoms with Crippen LogP contribution in [0.25, 0.3) is 0 Å². The van der Waals surface area contributed by atoms with Crippen LogP contribution in [0.2, 0.25) is 0 Å². The van der Waals surface area contributed by atoms with E-state index in [1.165, 1.54) is 0 Å². The maximum atomic E-state index is 11.9. The second-order valence-electron chi connectivity index (χ2n) is 4.92. The third kappa shape index (κ3) is 3.31. The molecule has 1 heterocycles. The molecule has 0 aromatic heterocycles. The summed E-state index contributed by atoms with van der Waals surface area (Å²) in [5.74, 6) is -0.304. The van der Waals surface area contributed by atoms with Gasteiger partial charge >= 0.3 is 0 Å². The van der Waals surface area contributed by atoms with Gasteiger partial charge in [0.25, 0.3) is 5.91 Å². The zero-order valence-electron chi connectivity index (χ0n) is 10.7. The summed E-state index contributed by atoms with van der Waals surface area (Å²) in [5, 5.41) is 12.9. The molecule has 0 radical (unpaired) electrons. The van der Waals surface area contributed by atoms with Crippen molar-refractivity contribution in [1.29, 1.82) is 0 Å². The Morgan fingerprint density at radius 3 is 2.83 bits per heavy atom. The van der Waals surface area contributed by atoms with Crippen LogP contribution in [0.5, 0.6) is 0 Å². The summed E-state index contributed by atoms with van der Waals surface area (Å²) < 4.78 is 0. The van der Waals surface area contributed by atoms with Gasteiger partial charge in [0.05, 0.1) is 0 Å². The lowest BCUT2D eigenvalue weighted by molar-refractivity contribution is -0.130. The summed E-state index contributed by atoms with van der Waals surface area (Å²) in [7, 11) is 2.05. The van der Waals surface area contributed by atoms with Gasteiger partial charge in [0.1, 0.15) is 0 Å². The van der Waals surface area contributed by atoms with Crippen molar-refractivity contribution in [3.63, 3.8) is 0 Å². The Balaban J connectivity index is 1.91. The number of rotatable bonds is 3. The van der Waals surface area contributed by atoms with E-state index < -0.39 is 6.10 Å². The number of piperidine rings is 1. The van der Waals surface area contributed by atoms with Gasteiger partial charge in [0.15, 0.2) is 6.10 Å². The topological polar surface area (TPSA) is 52.6 Å². The Bertz CT molecular complexity index is 394. The summed E-state index contributed by atoms with van der Waals surface area (Å²) >= 11 is 0. The minimum Gasteiger partial charge on any atom is -0.378 e. The van der Waals surface area contributed by atoms with Gasteiger partial charge in [-0.3, -0.25) is 4.79 Å². The van der Waals surface area contributed by atoms with Gasteiger partial charge in [-0.05, 0) is 32.0 Å². The van der Waals surface area contributed by atoms with E-state index in [2.05, 4.69) is 10.2 Å². The minimum atomic E-state index is -1.07. The molecule has 4 heteroatoms. The van der Waals surface area contributed by atoms with Crippen LogP contribution in [-0.2, 0) is 4.79 Å². The van der Waals surface area contributed by atoms with E-state index in [1.807, 2.05) is 25.2 Å². The fourth-order valence-corrected chi connectivity index (χ4v) is 2.35. The van der Waals surface area contributed by atoms with Crippen LogP contribution < -0.4 is 5.32 Å². The largest absolute Gasteiger partial charge is 0.378 e. The average molecular weight is 248 g/mol. The molecule has 0 bridgehead atoms. The molecule has 0 aliphatic carbocycles. The summed E-state index contributed by atoms with van der Waals surface area (Å²) in [6, 6.07) is 9.17. The lowest BCUT2D eigenvalue weighted by Gasteiger charge is -2.30. The number of likely N-dealkylation sites (N-methyl/N-ethyl adjacent to an activating group) is 1. The van der Waals surface area contributed by atoms with E-state index in [0.717, 1.165) is 25.9 Å². The fraction of sp³-hybridized carbons (Fsp3) is 0.500. The van der Waals surface area contributed by atoms with Crippen molar-refractivity contribution in [1.82, 2.24) is 10.2 Å². The zero-order valence-corrected chi connectivity index (χ0v) is 10.7. The summed E-state index contributed by atoms with van der Waals surface area (Å²) in [5.41, 5.74) is 0.638. The minimum absolute atomic E-state index is 0.148. The molecule has 2 atom stereocenters. The van der Waals surface area contributed by atoms with E-state index in [1.54, 1.807) is 12.1 Å². The number of aliphatic hydroxyl groups is 1. The van der Waals surface area contributed by atoms with E-state index in [-0.39, 0.29) is 11.9 Å². The standard InChI is InChI=1S/C14H20N2O2/c1-16-9-5-8-12(10-16)15-14(18)13(17)11-6-3-2-4-7-11/h2-4,6-7,12-13,17H,5,8-10H2,1H3,(H,15,18)/t12?,13-/m0/s1. The molecule has 1 saturated heterocycles. The SMILES string of the molecule is CN1CCCC(NC(=O)[C@@H](O)c2ccccc2)C1. The van der Waals surface area contributed by atoms with Crippen molar-refractivity contribution in [2.24, 2.45) is 0 Å². The first-order chi connectivity index (χ1) is 8.66. The van der Waals surface area contributed by atoms with Crippen LogP contribution in [0.15, 0.2) is 30.3 Å². The second-order valence-corrected chi connectivity index (χ2v) is 4.92. The van der Waals surface area contributed by atoms with E-state index in [0.29, 0.717) is 5.56 Å². The van der Waals surface area contributed by atoms with Gasteiger partial charge in [-0.15, -0.1) is 0 Å². The van der Waals surface area contributed by atoms with Gasteiger partial charge < -0.3 is 15.3 Å². The molecule has 4 nitrogen and oxygen atoms in total. The Kier molecular flexibility index (Phi) is 4.33. The van der Waals surface area contributed by atoms with E-state index in [4.69, 9.17) is 0 Å². The first-order valence-electron chi connectivity index (χ1n) is 6.39. The third-order valence-electron chi connectivity index (χ3n) is 3.33. The van der Waals surface area contributed by atoms with E-state index in [9.17, 15) is 9.90 Å². The highest BCUT2D eigenvalue weighted by molar-refractivity contribution is 5.82. The van der Waals surface area contributed by atoms with Gasteiger partial charge in [0, 0.05) is 12.6 Å². The highest BCUT2D eigenvalue weighted by Crippen LogP contribution is 2.14. The smallest absolute Gasteiger partial charge is 0.253 e. The predicted molar refractivity (Wildman–Crippen MR) is 70.1 cm³/mol. The quantitative estimate of drug-likeness (QED) is 0.836. The molecule has 1 unspecified atom stereocenters. The molecule has 1 aromatic carbocycles. The van der Waals surface area contributed by atoms with Crippen LogP contribution in [-0.4, -0.2) is 42.1 Å². The first kappa shape index (κ1) is 13.1. The molecular weight excluding hydrogens is 228 g/mol. The Morgan fingerprint density at radius 2 is 2.17 bits per heavy atom. The number of nitrogens with zero attached hydrogens (tertiary/aromatic N) is 1. The molecule has 1 aliphatic rings. The monoisotopic (exact) mass is 248 g/mol. The maximum absolute atomic E-state index is 11.9. The molecule has 18 heavy (non-hydrogen) atoms. The van der Waals surface area contributed by atoms with Crippen LogP contribution in [0, 0.1) is 0 Å². The third-order valence-corrected chi connectivity index (χ3v) is 3.33. The van der Waals surface area contributed by atoms with Gasteiger partial charge in [-0.1, -0.05) is 30.3 Å². The maximum Gasteiger partial charge on any atom is 0.253 e. The van der Waals surface area contributed by atoms with Crippen molar-refractivity contribution in [2.75, 3.05) is 20.1 Å². The zero-order chi connectivity index (χ0) is 13.0. The normalized spacial score (nSPS) is 22.4. The number of hydrogen-bond donors (Lipinski definition) is 2. The molecule has 2 rings (SSSR count). The number of amides is 1. The Labute approximate surface area is 108 Å². The molecule has 0 saturated carbocycles. The van der Waals surface area contributed by atoms with Crippen molar-refractivity contribution in [3.05, 3.63) is 35.9 Å². The molecular formula is C14H20N2O2. The van der Waals surface area contributed by atoms with Crippen LogP contribution in [0.1, 0.15) is 24.5 Å². The number of likely N-dealkylation sites (tertiary alicyclic amines) is 1. The van der Waals surface area contributed by atoms with Crippen molar-refractivity contribution >= 4 is 5.91 Å². The molecule has 1 aromatic rings. The van der Waals surface area contributed by atoms with Gasteiger partial charge in [-0.25, -0.2) is 0 Å². The molecule has 0 spiro atoms.